The fourth-order valence-electron chi connectivity index (χ4n) is 1.48. The van der Waals surface area contributed by atoms with Crippen LogP contribution in [-0.2, 0) is 6.42 Å². The molecule has 78 valence electrons. The predicted molar refractivity (Wildman–Crippen MR) is 56.7 cm³/mol. The van der Waals surface area contributed by atoms with Crippen molar-refractivity contribution in [3.05, 3.63) is 48.3 Å². The topological polar surface area (TPSA) is 49.6 Å². The van der Waals surface area contributed by atoms with Crippen LogP contribution in [0.2, 0.25) is 0 Å². The third-order valence-corrected chi connectivity index (χ3v) is 2.18. The smallest absolute Gasteiger partial charge is 0.213 e. The van der Waals surface area contributed by atoms with E-state index in [1.165, 1.54) is 6.07 Å². The Labute approximate surface area is 92.2 Å². The summed E-state index contributed by atoms with van der Waals surface area (Å²) in [7, 11) is 0. The van der Waals surface area contributed by atoms with Crippen molar-refractivity contribution in [3.63, 3.8) is 0 Å². The van der Waals surface area contributed by atoms with Crippen molar-refractivity contribution in [1.82, 2.24) is 9.97 Å². The number of nitriles is 1. The largest absolute Gasteiger partial charge is 0.265 e. The molecule has 0 aliphatic heterocycles. The van der Waals surface area contributed by atoms with Crippen LogP contribution in [0.15, 0.2) is 36.7 Å². The van der Waals surface area contributed by atoms with Crippen LogP contribution in [0.1, 0.15) is 5.69 Å². The lowest BCUT2D eigenvalue weighted by atomic mass is 10.0. The molecule has 0 aromatic carbocycles. The van der Waals surface area contributed by atoms with Crippen molar-refractivity contribution >= 4 is 0 Å². The molecule has 0 spiro atoms. The number of hydrogen-bond donors (Lipinski definition) is 0. The van der Waals surface area contributed by atoms with E-state index in [-0.39, 0.29) is 6.42 Å². The number of rotatable bonds is 2. The second kappa shape index (κ2) is 4.49. The molecule has 0 bridgehead atoms. The van der Waals surface area contributed by atoms with E-state index in [1.54, 1.807) is 30.6 Å². The SMILES string of the molecule is N#CCc1nc(F)ccc1-c1ccncc1. The predicted octanol–water partition coefficient (Wildman–Crippen LogP) is 2.35. The number of halogens is 1. The van der Waals surface area contributed by atoms with Gasteiger partial charge in [0.05, 0.1) is 18.2 Å². The summed E-state index contributed by atoms with van der Waals surface area (Å²) in [5.74, 6) is -0.567. The van der Waals surface area contributed by atoms with Gasteiger partial charge in [-0.3, -0.25) is 4.98 Å². The molecule has 16 heavy (non-hydrogen) atoms. The molecular formula is C12H8FN3. The van der Waals surface area contributed by atoms with Crippen LogP contribution in [0, 0.1) is 17.3 Å². The standard InChI is InChI=1S/C12H8FN3/c13-12-2-1-10(11(16-12)3-6-14)9-4-7-15-8-5-9/h1-2,4-5,7-8H,3H2. The van der Waals surface area contributed by atoms with Crippen molar-refractivity contribution in [2.24, 2.45) is 0 Å². The molecule has 0 radical (unpaired) electrons. The first-order valence-electron chi connectivity index (χ1n) is 4.74. The number of aromatic nitrogens is 2. The quantitative estimate of drug-likeness (QED) is 0.719. The molecule has 3 nitrogen and oxygen atoms in total. The van der Waals surface area contributed by atoms with Crippen LogP contribution in [0.5, 0.6) is 0 Å². The molecule has 0 fully saturated rings. The van der Waals surface area contributed by atoms with Gasteiger partial charge in [0, 0.05) is 18.0 Å². The molecule has 2 aromatic heterocycles. The van der Waals surface area contributed by atoms with Gasteiger partial charge >= 0.3 is 0 Å². The van der Waals surface area contributed by atoms with E-state index in [9.17, 15) is 4.39 Å². The summed E-state index contributed by atoms with van der Waals surface area (Å²) >= 11 is 0. The van der Waals surface area contributed by atoms with E-state index >= 15 is 0 Å². The first-order chi connectivity index (χ1) is 7.81. The summed E-state index contributed by atoms with van der Waals surface area (Å²) in [4.78, 5) is 7.63. The Hall–Kier alpha value is -2.28. The van der Waals surface area contributed by atoms with Gasteiger partial charge in [0.2, 0.25) is 5.95 Å². The van der Waals surface area contributed by atoms with Crippen LogP contribution >= 0.6 is 0 Å². The maximum atomic E-state index is 13.0. The number of nitrogens with zero attached hydrogens (tertiary/aromatic N) is 3. The van der Waals surface area contributed by atoms with E-state index in [4.69, 9.17) is 5.26 Å². The highest BCUT2D eigenvalue weighted by molar-refractivity contribution is 5.65. The summed E-state index contributed by atoms with van der Waals surface area (Å²) < 4.78 is 13.0. The Morgan fingerprint density at radius 1 is 1.19 bits per heavy atom. The van der Waals surface area contributed by atoms with Crippen molar-refractivity contribution in [2.75, 3.05) is 0 Å². The van der Waals surface area contributed by atoms with Gasteiger partial charge in [0.1, 0.15) is 0 Å². The Kier molecular flexibility index (Phi) is 2.88. The fourth-order valence-corrected chi connectivity index (χ4v) is 1.48. The van der Waals surface area contributed by atoms with E-state index in [2.05, 4.69) is 9.97 Å². The maximum absolute atomic E-state index is 13.0. The molecule has 0 saturated carbocycles. The molecule has 2 heterocycles. The van der Waals surface area contributed by atoms with Gasteiger partial charge in [-0.15, -0.1) is 0 Å². The molecule has 0 atom stereocenters. The highest BCUT2D eigenvalue weighted by Crippen LogP contribution is 2.22. The normalized spacial score (nSPS) is 9.75. The average Bonchev–Trinajstić information content (AvgIpc) is 2.31. The van der Waals surface area contributed by atoms with Gasteiger partial charge in [0.25, 0.3) is 0 Å². The Balaban J connectivity index is 2.53. The molecule has 0 aliphatic rings. The number of hydrogen-bond acceptors (Lipinski definition) is 3. The van der Waals surface area contributed by atoms with Gasteiger partial charge in [-0.2, -0.15) is 9.65 Å². The third-order valence-electron chi connectivity index (χ3n) is 2.18. The van der Waals surface area contributed by atoms with Crippen LogP contribution in [-0.4, -0.2) is 9.97 Å². The highest BCUT2D eigenvalue weighted by Gasteiger charge is 2.07. The number of pyridine rings is 2. The lowest BCUT2D eigenvalue weighted by Crippen LogP contribution is -1.95. The van der Waals surface area contributed by atoms with Gasteiger partial charge in [-0.25, -0.2) is 4.98 Å². The van der Waals surface area contributed by atoms with Crippen LogP contribution in [0.25, 0.3) is 11.1 Å². The Bertz CT molecular complexity index is 532. The summed E-state index contributed by atoms with van der Waals surface area (Å²) in [5.41, 5.74) is 2.10. The van der Waals surface area contributed by atoms with E-state index < -0.39 is 5.95 Å². The molecule has 2 rings (SSSR count). The molecule has 0 aliphatic carbocycles. The van der Waals surface area contributed by atoms with Crippen LogP contribution in [0.4, 0.5) is 4.39 Å². The van der Waals surface area contributed by atoms with Crippen molar-refractivity contribution in [2.45, 2.75) is 6.42 Å². The van der Waals surface area contributed by atoms with Crippen molar-refractivity contribution in [1.29, 1.82) is 5.26 Å². The van der Waals surface area contributed by atoms with Gasteiger partial charge < -0.3 is 0 Å². The van der Waals surface area contributed by atoms with E-state index in [1.807, 2.05) is 6.07 Å². The van der Waals surface area contributed by atoms with Crippen molar-refractivity contribution < 1.29 is 4.39 Å². The zero-order chi connectivity index (χ0) is 11.4. The molecular weight excluding hydrogens is 205 g/mol. The lowest BCUT2D eigenvalue weighted by Gasteiger charge is -2.05. The maximum Gasteiger partial charge on any atom is 0.213 e. The van der Waals surface area contributed by atoms with Crippen LogP contribution < -0.4 is 0 Å². The Morgan fingerprint density at radius 3 is 2.62 bits per heavy atom. The molecule has 0 amide bonds. The molecule has 2 aromatic rings. The first-order valence-corrected chi connectivity index (χ1v) is 4.74. The summed E-state index contributed by atoms with van der Waals surface area (Å²) in [5, 5.41) is 8.66. The summed E-state index contributed by atoms with van der Waals surface area (Å²) in [6.07, 6.45) is 3.39. The zero-order valence-electron chi connectivity index (χ0n) is 8.39. The van der Waals surface area contributed by atoms with E-state index in [0.717, 1.165) is 11.1 Å². The second-order valence-corrected chi connectivity index (χ2v) is 3.20. The molecule has 0 saturated heterocycles. The summed E-state index contributed by atoms with van der Waals surface area (Å²) in [6.45, 7) is 0. The zero-order valence-corrected chi connectivity index (χ0v) is 8.39. The average molecular weight is 213 g/mol. The molecule has 4 heteroatoms. The third kappa shape index (κ3) is 2.04. The van der Waals surface area contributed by atoms with Gasteiger partial charge in [-0.1, -0.05) is 0 Å². The monoisotopic (exact) mass is 213 g/mol. The minimum Gasteiger partial charge on any atom is -0.265 e. The minimum absolute atomic E-state index is 0.0927. The fraction of sp³-hybridized carbons (Fsp3) is 0.0833. The molecule has 0 N–H and O–H groups in total. The molecule has 0 unspecified atom stereocenters. The lowest BCUT2D eigenvalue weighted by molar-refractivity contribution is 0.579. The first kappa shape index (κ1) is 10.2. The van der Waals surface area contributed by atoms with Gasteiger partial charge in [0.15, 0.2) is 0 Å². The van der Waals surface area contributed by atoms with E-state index in [0.29, 0.717) is 5.69 Å². The highest BCUT2D eigenvalue weighted by atomic mass is 19.1. The van der Waals surface area contributed by atoms with Crippen molar-refractivity contribution in [3.8, 4) is 17.2 Å². The minimum atomic E-state index is -0.567. The summed E-state index contributed by atoms with van der Waals surface area (Å²) in [6, 6.07) is 8.50. The van der Waals surface area contributed by atoms with Crippen LogP contribution in [0.3, 0.4) is 0 Å². The second-order valence-electron chi connectivity index (χ2n) is 3.20. The Morgan fingerprint density at radius 2 is 1.94 bits per heavy atom. The van der Waals surface area contributed by atoms with Gasteiger partial charge in [-0.05, 0) is 29.8 Å².